The van der Waals surface area contributed by atoms with Gasteiger partial charge in [-0.2, -0.15) is 13.1 Å². The molecule has 1 heterocycles. The predicted molar refractivity (Wildman–Crippen MR) is 70.8 cm³/mol. The second kappa shape index (κ2) is 7.75. The summed E-state index contributed by atoms with van der Waals surface area (Å²) in [5.41, 5.74) is 4.50. The zero-order chi connectivity index (χ0) is 15.1. The van der Waals surface area contributed by atoms with Crippen LogP contribution in [-0.2, 0) is 19.3 Å². The van der Waals surface area contributed by atoms with E-state index in [0.29, 0.717) is 13.1 Å². The lowest BCUT2D eigenvalue weighted by Crippen LogP contribution is -2.57. The lowest BCUT2D eigenvalue weighted by atomic mass is 9.98. The van der Waals surface area contributed by atoms with Crippen LogP contribution in [0.3, 0.4) is 0 Å². The summed E-state index contributed by atoms with van der Waals surface area (Å²) in [6, 6.07) is -0.0345. The summed E-state index contributed by atoms with van der Waals surface area (Å²) >= 11 is 0. The molecule has 0 saturated carbocycles. The van der Waals surface area contributed by atoms with Gasteiger partial charge in [0.05, 0.1) is 12.0 Å². The molecule has 1 aliphatic rings. The zero-order valence-corrected chi connectivity index (χ0v) is 12.3. The zero-order valence-electron chi connectivity index (χ0n) is 11.5. The molecule has 0 spiro atoms. The number of rotatable bonds is 5. The lowest BCUT2D eigenvalue weighted by molar-refractivity contribution is -0.145. The fraction of sp³-hybridized carbons (Fsp3) is 0.900. The highest BCUT2D eigenvalue weighted by Crippen LogP contribution is 2.11. The molecular weight excluding hydrogens is 274 g/mol. The van der Waals surface area contributed by atoms with Crippen molar-refractivity contribution in [1.82, 2.24) is 10.0 Å². The number of nitrogens with one attached hydrogen (secondary N) is 2. The van der Waals surface area contributed by atoms with Gasteiger partial charge in [-0.25, -0.2) is 0 Å². The molecule has 19 heavy (non-hydrogen) atoms. The van der Waals surface area contributed by atoms with E-state index in [1.165, 1.54) is 0 Å². The fourth-order valence-electron chi connectivity index (χ4n) is 0.768. The Kier molecular flexibility index (Phi) is 7.45. The molecular formula is C10H23N3O5S. The van der Waals surface area contributed by atoms with Gasteiger partial charge in [0.15, 0.2) is 0 Å². The summed E-state index contributed by atoms with van der Waals surface area (Å²) in [7, 11) is -3.57. The van der Waals surface area contributed by atoms with Crippen LogP contribution in [0.4, 0.5) is 0 Å². The molecule has 0 bridgehead atoms. The molecule has 0 radical (unpaired) electrons. The third-order valence-electron chi connectivity index (χ3n) is 2.09. The number of aliphatic carboxylic acids is 1. The van der Waals surface area contributed by atoms with Gasteiger partial charge >= 0.3 is 16.3 Å². The molecule has 1 saturated heterocycles. The van der Waals surface area contributed by atoms with Crippen LogP contribution in [0.1, 0.15) is 20.8 Å². The van der Waals surface area contributed by atoms with Crippen molar-refractivity contribution >= 4 is 16.3 Å². The van der Waals surface area contributed by atoms with Crippen LogP contribution < -0.4 is 15.8 Å². The van der Waals surface area contributed by atoms with Crippen LogP contribution in [0.15, 0.2) is 0 Å². The highest BCUT2D eigenvalue weighted by atomic mass is 32.2. The molecule has 9 heteroatoms. The van der Waals surface area contributed by atoms with Gasteiger partial charge in [0.25, 0.3) is 0 Å². The van der Waals surface area contributed by atoms with Crippen LogP contribution in [-0.4, -0.2) is 51.8 Å². The maximum absolute atomic E-state index is 11.0. The Morgan fingerprint density at radius 1 is 1.47 bits per heavy atom. The van der Waals surface area contributed by atoms with Crippen molar-refractivity contribution in [2.75, 3.05) is 26.2 Å². The topological polar surface area (TPSA) is 131 Å². The second-order valence-corrected chi connectivity index (χ2v) is 6.47. The molecule has 0 atom stereocenters. The van der Waals surface area contributed by atoms with Gasteiger partial charge in [0.2, 0.25) is 0 Å². The van der Waals surface area contributed by atoms with Crippen molar-refractivity contribution in [3.63, 3.8) is 0 Å². The van der Waals surface area contributed by atoms with Crippen LogP contribution in [0.5, 0.6) is 0 Å². The van der Waals surface area contributed by atoms with Gasteiger partial charge in [-0.15, -0.1) is 0 Å². The van der Waals surface area contributed by atoms with Gasteiger partial charge in [-0.05, 0) is 20.8 Å². The first-order chi connectivity index (χ1) is 8.58. The Morgan fingerprint density at radius 2 is 1.95 bits per heavy atom. The van der Waals surface area contributed by atoms with Crippen LogP contribution in [0.25, 0.3) is 0 Å². The molecule has 0 amide bonds. The quantitative estimate of drug-likeness (QED) is 0.506. The minimum atomic E-state index is -3.57. The first-order valence-corrected chi connectivity index (χ1v) is 7.30. The number of nitrogens with two attached hydrogens (primary N) is 1. The molecule has 8 nitrogen and oxygen atoms in total. The summed E-state index contributed by atoms with van der Waals surface area (Å²) in [5, 5.41) is 11.2. The van der Waals surface area contributed by atoms with E-state index in [-0.39, 0.29) is 19.2 Å². The summed E-state index contributed by atoms with van der Waals surface area (Å²) < 4.78 is 28.8. The molecule has 1 rings (SSSR count). The van der Waals surface area contributed by atoms with Gasteiger partial charge in [0.1, 0.15) is 0 Å². The predicted octanol–water partition coefficient (Wildman–Crippen LogP) is -1.11. The molecule has 5 N–H and O–H groups in total. The summed E-state index contributed by atoms with van der Waals surface area (Å²) in [4.78, 5) is 10.0. The molecule has 0 aliphatic carbocycles. The first kappa shape index (κ1) is 18.3. The van der Waals surface area contributed by atoms with E-state index in [4.69, 9.17) is 10.8 Å². The highest BCUT2D eigenvalue weighted by molar-refractivity contribution is 7.84. The van der Waals surface area contributed by atoms with Crippen molar-refractivity contribution in [2.24, 2.45) is 11.1 Å². The Bertz CT molecular complexity index is 373. The van der Waals surface area contributed by atoms with Gasteiger partial charge in [0, 0.05) is 25.7 Å². The number of carboxylic acid groups (broad SMARTS) is 1. The molecule has 0 aromatic heterocycles. The fourth-order valence-corrected chi connectivity index (χ4v) is 1.73. The number of hydrogen-bond donors (Lipinski definition) is 4. The smallest absolute Gasteiger partial charge is 0.336 e. The van der Waals surface area contributed by atoms with Gasteiger partial charge < -0.3 is 16.2 Å². The van der Waals surface area contributed by atoms with Crippen LogP contribution >= 0.6 is 0 Å². The van der Waals surface area contributed by atoms with E-state index in [1.807, 2.05) is 0 Å². The summed E-state index contributed by atoms with van der Waals surface area (Å²) in [6.07, 6.45) is 0. The maximum Gasteiger partial charge on any atom is 0.336 e. The summed E-state index contributed by atoms with van der Waals surface area (Å²) in [5.74, 6) is -0.757. The van der Waals surface area contributed by atoms with E-state index in [1.54, 1.807) is 20.8 Å². The Balaban J connectivity index is 0.000000399. The number of hydrogen-bond acceptors (Lipinski definition) is 6. The van der Waals surface area contributed by atoms with E-state index >= 15 is 0 Å². The molecule has 1 aliphatic heterocycles. The lowest BCUT2D eigenvalue weighted by Gasteiger charge is -2.27. The average Bonchev–Trinajstić information content (AvgIpc) is 2.21. The molecule has 0 unspecified atom stereocenters. The molecule has 1 fully saturated rings. The Morgan fingerprint density at radius 3 is 2.21 bits per heavy atom. The van der Waals surface area contributed by atoms with E-state index in [2.05, 4.69) is 14.2 Å². The first-order valence-electron chi connectivity index (χ1n) is 5.89. The van der Waals surface area contributed by atoms with E-state index in [9.17, 15) is 13.2 Å². The van der Waals surface area contributed by atoms with Crippen molar-refractivity contribution in [3.8, 4) is 0 Å². The molecule has 0 aromatic carbocycles. The molecule has 114 valence electrons. The normalized spacial score (nSPS) is 16.2. The third kappa shape index (κ3) is 8.89. The largest absolute Gasteiger partial charge is 0.481 e. The maximum atomic E-state index is 11.0. The SMILES string of the molecule is CC(C)(C)C(=O)O.NCCOS(=O)(=O)NC1CNC1. The standard InChI is InChI=1S/C5H13N3O3S.C5H10O2/c6-1-2-11-12(9,10)8-5-3-7-4-5;1-5(2,3)4(6)7/h5,7-8H,1-4,6H2;1-3H3,(H,6,7). The van der Waals surface area contributed by atoms with E-state index in [0.717, 1.165) is 0 Å². The number of carbonyl (C=O) groups is 1. The van der Waals surface area contributed by atoms with Gasteiger partial charge in [-0.3, -0.25) is 8.98 Å². The second-order valence-electron chi connectivity index (χ2n) is 5.09. The monoisotopic (exact) mass is 297 g/mol. The summed E-state index contributed by atoms with van der Waals surface area (Å²) in [6.45, 7) is 6.52. The Labute approximate surface area is 114 Å². The van der Waals surface area contributed by atoms with E-state index < -0.39 is 21.7 Å². The van der Waals surface area contributed by atoms with Crippen molar-refractivity contribution in [1.29, 1.82) is 0 Å². The highest BCUT2D eigenvalue weighted by Gasteiger charge is 2.23. The van der Waals surface area contributed by atoms with Crippen molar-refractivity contribution in [3.05, 3.63) is 0 Å². The minimum absolute atomic E-state index is 0.0233. The molecule has 0 aromatic rings. The van der Waals surface area contributed by atoms with Crippen molar-refractivity contribution < 1.29 is 22.5 Å². The Hall–Kier alpha value is -0.740. The van der Waals surface area contributed by atoms with Crippen molar-refractivity contribution in [2.45, 2.75) is 26.8 Å². The van der Waals surface area contributed by atoms with Gasteiger partial charge in [-0.1, -0.05) is 0 Å². The van der Waals surface area contributed by atoms with Crippen LogP contribution in [0.2, 0.25) is 0 Å². The number of carboxylic acids is 1. The minimum Gasteiger partial charge on any atom is -0.481 e. The average molecular weight is 297 g/mol. The van der Waals surface area contributed by atoms with Crippen LogP contribution in [0, 0.1) is 5.41 Å². The third-order valence-corrected chi connectivity index (χ3v) is 3.19.